The molecular weight excluding hydrogens is 827 g/mol. The van der Waals surface area contributed by atoms with Gasteiger partial charge < -0.3 is 40.3 Å². The van der Waals surface area contributed by atoms with Crippen molar-refractivity contribution < 1.29 is 39.8 Å². The van der Waals surface area contributed by atoms with Crippen LogP contribution in [-0.4, -0.2) is 87.5 Å². The van der Waals surface area contributed by atoms with Crippen molar-refractivity contribution >= 4 is 5.91 Å². The molecule has 1 heterocycles. The second kappa shape index (κ2) is 46.9. The molecule has 1 fully saturated rings. The molecule has 0 aromatic heterocycles. The molecule has 0 aliphatic carbocycles. The first-order valence-corrected chi connectivity index (χ1v) is 27.9. The van der Waals surface area contributed by atoms with Crippen molar-refractivity contribution in [3.8, 4) is 0 Å². The van der Waals surface area contributed by atoms with Crippen molar-refractivity contribution in [3.63, 3.8) is 0 Å². The molecule has 386 valence electrons. The van der Waals surface area contributed by atoms with Gasteiger partial charge in [-0.1, -0.05) is 229 Å². The fraction of sp³-hybridized carbons (Fsp3) is 0.842. The Morgan fingerprint density at radius 3 is 1.39 bits per heavy atom. The van der Waals surface area contributed by atoms with E-state index in [0.29, 0.717) is 6.42 Å². The quantitative estimate of drug-likeness (QED) is 0.0261. The lowest BCUT2D eigenvalue weighted by Crippen LogP contribution is -2.60. The van der Waals surface area contributed by atoms with Gasteiger partial charge in [-0.3, -0.25) is 4.79 Å². The molecule has 0 aromatic rings. The van der Waals surface area contributed by atoms with Gasteiger partial charge in [0, 0.05) is 6.42 Å². The van der Waals surface area contributed by atoms with Crippen LogP contribution in [0.1, 0.15) is 251 Å². The SMILES string of the molecule is CCCCC/C=C\C/C=C\CCCCCCCCCCCC(=O)NC(COC1OC(CO)C(O)C(O)C1O)C(O)/C=C/CC/C=C/CCCCCCCCCCCCCCCCCCCC. The number of carbonyl (C=O) groups is 1. The van der Waals surface area contributed by atoms with E-state index in [1.807, 2.05) is 6.08 Å². The molecule has 1 rings (SSSR count). The zero-order chi connectivity index (χ0) is 48.0. The fourth-order valence-corrected chi connectivity index (χ4v) is 8.67. The van der Waals surface area contributed by atoms with Crippen LogP contribution in [0.3, 0.4) is 0 Å². The number of amides is 1. The zero-order valence-electron chi connectivity index (χ0n) is 42.7. The van der Waals surface area contributed by atoms with Crippen molar-refractivity contribution in [2.75, 3.05) is 13.2 Å². The lowest BCUT2D eigenvalue weighted by Gasteiger charge is -2.40. The normalized spacial score (nSPS) is 20.1. The molecule has 66 heavy (non-hydrogen) atoms. The average molecular weight is 932 g/mol. The fourth-order valence-electron chi connectivity index (χ4n) is 8.67. The van der Waals surface area contributed by atoms with Crippen LogP contribution in [0.15, 0.2) is 48.6 Å². The highest BCUT2D eigenvalue weighted by molar-refractivity contribution is 5.76. The van der Waals surface area contributed by atoms with Gasteiger partial charge in [0.05, 0.1) is 25.4 Å². The third kappa shape index (κ3) is 36.2. The number of carbonyl (C=O) groups excluding carboxylic acids is 1. The van der Waals surface area contributed by atoms with Crippen LogP contribution in [-0.2, 0) is 14.3 Å². The van der Waals surface area contributed by atoms with Gasteiger partial charge in [0.15, 0.2) is 6.29 Å². The Kier molecular flexibility index (Phi) is 44.1. The lowest BCUT2D eigenvalue weighted by molar-refractivity contribution is -0.302. The number of rotatable bonds is 47. The van der Waals surface area contributed by atoms with Crippen molar-refractivity contribution in [2.24, 2.45) is 0 Å². The molecule has 7 atom stereocenters. The molecule has 1 amide bonds. The maximum atomic E-state index is 13.0. The minimum atomic E-state index is -1.57. The summed E-state index contributed by atoms with van der Waals surface area (Å²) in [6.07, 6.45) is 54.6. The van der Waals surface area contributed by atoms with Gasteiger partial charge in [-0.15, -0.1) is 0 Å². The Labute approximate surface area is 405 Å². The van der Waals surface area contributed by atoms with Crippen LogP contribution in [0, 0.1) is 0 Å². The molecule has 1 saturated heterocycles. The number of unbranched alkanes of at least 4 members (excludes halogenated alkanes) is 31. The van der Waals surface area contributed by atoms with Gasteiger partial charge in [0.25, 0.3) is 0 Å². The first kappa shape index (κ1) is 62.2. The first-order chi connectivity index (χ1) is 32.3. The highest BCUT2D eigenvalue weighted by atomic mass is 16.7. The maximum Gasteiger partial charge on any atom is 0.220 e. The molecule has 0 aromatic carbocycles. The molecule has 1 aliphatic rings. The van der Waals surface area contributed by atoms with Gasteiger partial charge in [-0.05, 0) is 64.2 Å². The molecule has 0 saturated carbocycles. The van der Waals surface area contributed by atoms with E-state index in [1.165, 1.54) is 180 Å². The largest absolute Gasteiger partial charge is 0.394 e. The van der Waals surface area contributed by atoms with E-state index in [1.54, 1.807) is 6.08 Å². The molecule has 9 nitrogen and oxygen atoms in total. The topological polar surface area (TPSA) is 149 Å². The summed E-state index contributed by atoms with van der Waals surface area (Å²) < 4.78 is 11.2. The standard InChI is InChI=1S/C57H105NO8/c1-3-5-7-9-11-13-15-17-19-21-23-24-25-26-27-29-30-32-34-36-38-40-42-44-46-51(60)50(49-65-57-56(64)55(63)54(62)52(48-59)66-57)58-53(61)47-45-43-41-39-37-35-33-31-28-22-20-18-16-14-12-10-8-6-4-2/h12,14,18,20,36,38,44,46,50-52,54-57,59-60,62-64H,3-11,13,15-17,19,21-35,37,39-43,45,47-49H2,1-2H3,(H,58,61)/b14-12-,20-18-,38-36+,46-44+. The van der Waals surface area contributed by atoms with Gasteiger partial charge >= 0.3 is 0 Å². The Balaban J connectivity index is 2.28. The molecule has 6 N–H and O–H groups in total. The second-order valence-corrected chi connectivity index (χ2v) is 19.4. The number of hydrogen-bond donors (Lipinski definition) is 6. The van der Waals surface area contributed by atoms with E-state index in [9.17, 15) is 30.3 Å². The monoisotopic (exact) mass is 932 g/mol. The number of aliphatic hydroxyl groups is 5. The van der Waals surface area contributed by atoms with E-state index in [2.05, 4.69) is 55.6 Å². The summed E-state index contributed by atoms with van der Waals surface area (Å²) in [7, 11) is 0. The van der Waals surface area contributed by atoms with Crippen molar-refractivity contribution in [1.29, 1.82) is 0 Å². The number of nitrogens with one attached hydrogen (secondary N) is 1. The summed E-state index contributed by atoms with van der Waals surface area (Å²) >= 11 is 0. The molecule has 9 heteroatoms. The van der Waals surface area contributed by atoms with Crippen molar-refractivity contribution in [2.45, 2.75) is 294 Å². The van der Waals surface area contributed by atoms with Crippen LogP contribution in [0.25, 0.3) is 0 Å². The highest BCUT2D eigenvalue weighted by Crippen LogP contribution is 2.23. The predicted molar refractivity (Wildman–Crippen MR) is 276 cm³/mol. The van der Waals surface area contributed by atoms with Crippen LogP contribution in [0.2, 0.25) is 0 Å². The lowest BCUT2D eigenvalue weighted by atomic mass is 9.99. The van der Waals surface area contributed by atoms with Crippen LogP contribution in [0.4, 0.5) is 0 Å². The Morgan fingerprint density at radius 2 is 0.909 bits per heavy atom. The van der Waals surface area contributed by atoms with Crippen molar-refractivity contribution in [3.05, 3.63) is 48.6 Å². The second-order valence-electron chi connectivity index (χ2n) is 19.4. The highest BCUT2D eigenvalue weighted by Gasteiger charge is 2.44. The van der Waals surface area contributed by atoms with Crippen LogP contribution in [0.5, 0.6) is 0 Å². The summed E-state index contributed by atoms with van der Waals surface area (Å²) in [4.78, 5) is 13.0. The molecule has 1 aliphatic heterocycles. The van der Waals surface area contributed by atoms with Gasteiger partial charge in [-0.2, -0.15) is 0 Å². The molecular formula is C57H105NO8. The summed E-state index contributed by atoms with van der Waals surface area (Å²) in [6.45, 7) is 3.75. The van der Waals surface area contributed by atoms with E-state index in [4.69, 9.17) is 9.47 Å². The van der Waals surface area contributed by atoms with E-state index < -0.39 is 49.5 Å². The summed E-state index contributed by atoms with van der Waals surface area (Å²) in [5.41, 5.74) is 0. The summed E-state index contributed by atoms with van der Waals surface area (Å²) in [6, 6.07) is -0.825. The van der Waals surface area contributed by atoms with E-state index >= 15 is 0 Å². The molecule has 0 radical (unpaired) electrons. The maximum absolute atomic E-state index is 13.0. The zero-order valence-corrected chi connectivity index (χ0v) is 42.7. The molecule has 0 spiro atoms. The van der Waals surface area contributed by atoms with Gasteiger partial charge in [0.1, 0.15) is 24.4 Å². The number of hydrogen-bond acceptors (Lipinski definition) is 8. The predicted octanol–water partition coefficient (Wildman–Crippen LogP) is 13.3. The van der Waals surface area contributed by atoms with E-state index in [-0.39, 0.29) is 12.5 Å². The number of ether oxygens (including phenoxy) is 2. The minimum absolute atomic E-state index is 0.190. The van der Waals surface area contributed by atoms with Gasteiger partial charge in [-0.25, -0.2) is 0 Å². The summed E-state index contributed by atoms with van der Waals surface area (Å²) in [5, 5.41) is 54.4. The smallest absolute Gasteiger partial charge is 0.220 e. The Hall–Kier alpha value is -1.85. The van der Waals surface area contributed by atoms with Gasteiger partial charge in [0.2, 0.25) is 5.91 Å². The first-order valence-electron chi connectivity index (χ1n) is 27.9. The average Bonchev–Trinajstić information content (AvgIpc) is 3.32. The Morgan fingerprint density at radius 1 is 0.515 bits per heavy atom. The number of aliphatic hydroxyl groups excluding tert-OH is 5. The van der Waals surface area contributed by atoms with Crippen LogP contribution >= 0.6 is 0 Å². The third-order valence-electron chi connectivity index (χ3n) is 13.1. The van der Waals surface area contributed by atoms with E-state index in [0.717, 1.165) is 51.4 Å². The molecule has 7 unspecified atom stereocenters. The minimum Gasteiger partial charge on any atom is -0.394 e. The number of allylic oxidation sites excluding steroid dienone is 7. The van der Waals surface area contributed by atoms with Crippen molar-refractivity contribution in [1.82, 2.24) is 5.32 Å². The summed E-state index contributed by atoms with van der Waals surface area (Å²) in [5.74, 6) is -0.190. The third-order valence-corrected chi connectivity index (χ3v) is 13.1. The Bertz CT molecular complexity index is 1170. The molecule has 0 bridgehead atoms. The van der Waals surface area contributed by atoms with Crippen LogP contribution < -0.4 is 5.32 Å².